The first-order valence-electron chi connectivity index (χ1n) is 6.77. The van der Waals surface area contributed by atoms with Crippen molar-refractivity contribution in [2.24, 2.45) is 0 Å². The summed E-state index contributed by atoms with van der Waals surface area (Å²) in [5.74, 6) is -0.786. The second-order valence-electron chi connectivity index (χ2n) is 4.86. The number of carbonyl (C=O) groups is 1. The van der Waals surface area contributed by atoms with E-state index < -0.39 is 28.3 Å². The summed E-state index contributed by atoms with van der Waals surface area (Å²) in [4.78, 5) is 21.8. The lowest BCUT2D eigenvalue weighted by Gasteiger charge is -2.13. The lowest BCUT2D eigenvalue weighted by Crippen LogP contribution is -2.14. The van der Waals surface area contributed by atoms with Gasteiger partial charge in [-0.1, -0.05) is 11.6 Å². The minimum atomic E-state index is -4.67. The minimum absolute atomic E-state index is 0.105. The number of halogens is 4. The molecule has 5 nitrogen and oxygen atoms in total. The van der Waals surface area contributed by atoms with E-state index in [1.807, 2.05) is 0 Å². The molecule has 0 aliphatic carbocycles. The molecule has 2 rings (SSSR count). The molecule has 0 radical (unpaired) electrons. The molecule has 0 aromatic heterocycles. The molecule has 1 amide bonds. The van der Waals surface area contributed by atoms with Gasteiger partial charge in [0.2, 0.25) is 5.91 Å². The number of amides is 1. The first kappa shape index (κ1) is 18.5. The molecule has 2 aromatic rings. The summed E-state index contributed by atoms with van der Waals surface area (Å²) in [5.41, 5.74) is -1.11. The van der Waals surface area contributed by atoms with Crippen LogP contribution in [0.3, 0.4) is 0 Å². The number of rotatable bonds is 4. The van der Waals surface area contributed by atoms with E-state index in [1.54, 1.807) is 0 Å². The number of non-ortho nitro benzene ring substituents is 1. The molecular weight excluding hydrogens is 361 g/mol. The maximum absolute atomic E-state index is 12.9. The van der Waals surface area contributed by atoms with Gasteiger partial charge in [0.1, 0.15) is 0 Å². The molecule has 0 aliphatic rings. The molecule has 0 bridgehead atoms. The van der Waals surface area contributed by atoms with E-state index in [2.05, 4.69) is 5.32 Å². The number of benzene rings is 2. The third-order valence-corrected chi connectivity index (χ3v) is 3.31. The molecule has 9 heteroatoms. The normalized spacial score (nSPS) is 11.5. The van der Waals surface area contributed by atoms with Crippen LogP contribution in [0.5, 0.6) is 0 Å². The first-order valence-corrected chi connectivity index (χ1v) is 7.15. The topological polar surface area (TPSA) is 72.2 Å². The van der Waals surface area contributed by atoms with Crippen molar-refractivity contribution in [2.75, 3.05) is 5.32 Å². The Labute approximate surface area is 144 Å². The number of alkyl halides is 3. The number of anilines is 1. The molecule has 0 heterocycles. The summed E-state index contributed by atoms with van der Waals surface area (Å²) in [7, 11) is 0. The number of nitro benzene ring substituents is 1. The molecule has 0 saturated carbocycles. The van der Waals surface area contributed by atoms with Crippen LogP contribution in [0.25, 0.3) is 6.08 Å². The van der Waals surface area contributed by atoms with Crippen LogP contribution in [0.4, 0.5) is 24.5 Å². The van der Waals surface area contributed by atoms with Gasteiger partial charge in [-0.05, 0) is 42.0 Å². The summed E-state index contributed by atoms with van der Waals surface area (Å²) >= 11 is 5.56. The second kappa shape index (κ2) is 7.35. The third-order valence-electron chi connectivity index (χ3n) is 3.08. The van der Waals surface area contributed by atoms with E-state index in [0.717, 1.165) is 18.2 Å². The highest BCUT2D eigenvalue weighted by Gasteiger charge is 2.34. The minimum Gasteiger partial charge on any atom is -0.322 e. The molecular formula is C16H10ClF3N2O3. The van der Waals surface area contributed by atoms with E-state index in [-0.39, 0.29) is 10.7 Å². The first-order chi connectivity index (χ1) is 11.7. The number of carbonyl (C=O) groups excluding carboxylic acids is 1. The number of nitrogens with one attached hydrogen (secondary N) is 1. The Morgan fingerprint density at radius 2 is 1.80 bits per heavy atom. The fourth-order valence-electron chi connectivity index (χ4n) is 1.91. The number of nitro groups is 1. The Balaban J connectivity index is 2.14. The van der Waals surface area contributed by atoms with Crippen LogP contribution in [0.2, 0.25) is 5.02 Å². The van der Waals surface area contributed by atoms with E-state index >= 15 is 0 Å². The van der Waals surface area contributed by atoms with Gasteiger partial charge in [-0.2, -0.15) is 13.2 Å². The van der Waals surface area contributed by atoms with E-state index in [4.69, 9.17) is 11.6 Å². The SMILES string of the molecule is O=C(/C=C/c1ccc([N+](=O)[O-])cc1)Nc1ccc(Cl)cc1C(F)(F)F. The fraction of sp³-hybridized carbons (Fsp3) is 0.0625. The number of hydrogen-bond acceptors (Lipinski definition) is 3. The van der Waals surface area contributed by atoms with Crippen LogP contribution in [0.1, 0.15) is 11.1 Å². The van der Waals surface area contributed by atoms with Crippen molar-refractivity contribution in [1.29, 1.82) is 0 Å². The van der Waals surface area contributed by atoms with Gasteiger partial charge < -0.3 is 5.32 Å². The summed E-state index contributed by atoms with van der Waals surface area (Å²) < 4.78 is 38.8. The standard InChI is InChI=1S/C16H10ClF3N2O3/c17-11-4-7-14(13(9-11)16(18,19)20)21-15(23)8-3-10-1-5-12(6-2-10)22(24)25/h1-9H,(H,21,23)/b8-3+. The van der Waals surface area contributed by atoms with E-state index in [1.165, 1.54) is 36.4 Å². The summed E-state index contributed by atoms with van der Waals surface area (Å²) in [6.45, 7) is 0. The molecule has 0 aliphatic heterocycles. The van der Waals surface area contributed by atoms with Crippen molar-refractivity contribution in [2.45, 2.75) is 6.18 Å². The Morgan fingerprint density at radius 3 is 2.36 bits per heavy atom. The summed E-state index contributed by atoms with van der Waals surface area (Å²) in [5, 5.41) is 12.6. The van der Waals surface area contributed by atoms with Crippen molar-refractivity contribution < 1.29 is 22.9 Å². The molecule has 0 saturated heterocycles. The Morgan fingerprint density at radius 1 is 1.16 bits per heavy atom. The maximum atomic E-state index is 12.9. The van der Waals surface area contributed by atoms with Crippen molar-refractivity contribution in [1.82, 2.24) is 0 Å². The van der Waals surface area contributed by atoms with Gasteiger partial charge in [0.15, 0.2) is 0 Å². The summed E-state index contributed by atoms with van der Waals surface area (Å²) in [6, 6.07) is 8.32. The van der Waals surface area contributed by atoms with Gasteiger partial charge in [0.25, 0.3) is 5.69 Å². The average Bonchev–Trinajstić information content (AvgIpc) is 2.54. The van der Waals surface area contributed by atoms with Crippen LogP contribution in [-0.4, -0.2) is 10.8 Å². The van der Waals surface area contributed by atoms with E-state index in [9.17, 15) is 28.1 Å². The van der Waals surface area contributed by atoms with Gasteiger partial charge in [-0.3, -0.25) is 14.9 Å². The van der Waals surface area contributed by atoms with Crippen molar-refractivity contribution >= 4 is 35.0 Å². The zero-order valence-electron chi connectivity index (χ0n) is 12.4. The highest BCUT2D eigenvalue weighted by Crippen LogP contribution is 2.36. The monoisotopic (exact) mass is 370 g/mol. The van der Waals surface area contributed by atoms with Gasteiger partial charge in [0.05, 0.1) is 16.2 Å². The molecule has 0 fully saturated rings. The highest BCUT2D eigenvalue weighted by molar-refractivity contribution is 6.30. The fourth-order valence-corrected chi connectivity index (χ4v) is 2.09. The Bertz CT molecular complexity index is 834. The molecule has 2 aromatic carbocycles. The number of hydrogen-bond donors (Lipinski definition) is 1. The van der Waals surface area contributed by atoms with Gasteiger partial charge >= 0.3 is 6.18 Å². The lowest BCUT2D eigenvalue weighted by atomic mass is 10.1. The van der Waals surface area contributed by atoms with Gasteiger partial charge in [-0.15, -0.1) is 0 Å². The van der Waals surface area contributed by atoms with Crippen LogP contribution in [0, 0.1) is 10.1 Å². The number of nitrogens with zero attached hydrogens (tertiary/aromatic N) is 1. The molecule has 130 valence electrons. The predicted molar refractivity (Wildman–Crippen MR) is 87.2 cm³/mol. The molecule has 0 spiro atoms. The third kappa shape index (κ3) is 5.05. The zero-order chi connectivity index (χ0) is 18.6. The Hall–Kier alpha value is -2.87. The molecule has 25 heavy (non-hydrogen) atoms. The van der Waals surface area contributed by atoms with Crippen molar-refractivity contribution in [3.63, 3.8) is 0 Å². The largest absolute Gasteiger partial charge is 0.418 e. The van der Waals surface area contributed by atoms with Gasteiger partial charge in [-0.25, -0.2) is 0 Å². The smallest absolute Gasteiger partial charge is 0.322 e. The van der Waals surface area contributed by atoms with Crippen LogP contribution in [-0.2, 0) is 11.0 Å². The van der Waals surface area contributed by atoms with Crippen LogP contribution in [0.15, 0.2) is 48.5 Å². The zero-order valence-corrected chi connectivity index (χ0v) is 13.1. The molecule has 0 atom stereocenters. The molecule has 0 unspecified atom stereocenters. The average molecular weight is 371 g/mol. The summed E-state index contributed by atoms with van der Waals surface area (Å²) in [6.07, 6.45) is -2.33. The second-order valence-corrected chi connectivity index (χ2v) is 5.30. The quantitative estimate of drug-likeness (QED) is 0.471. The highest BCUT2D eigenvalue weighted by atomic mass is 35.5. The van der Waals surface area contributed by atoms with Crippen LogP contribution < -0.4 is 5.32 Å². The van der Waals surface area contributed by atoms with E-state index in [0.29, 0.717) is 5.56 Å². The van der Waals surface area contributed by atoms with Crippen LogP contribution >= 0.6 is 11.6 Å². The van der Waals surface area contributed by atoms with Gasteiger partial charge in [0, 0.05) is 23.2 Å². The van der Waals surface area contributed by atoms with Crippen molar-refractivity contribution in [3.05, 3.63) is 74.8 Å². The van der Waals surface area contributed by atoms with Crippen molar-refractivity contribution in [3.8, 4) is 0 Å². The lowest BCUT2D eigenvalue weighted by molar-refractivity contribution is -0.384. The Kier molecular flexibility index (Phi) is 5.43. The maximum Gasteiger partial charge on any atom is 0.418 e. The molecule has 1 N–H and O–H groups in total. The predicted octanol–water partition coefficient (Wildman–Crippen LogP) is 4.92.